The molecule has 0 aromatic carbocycles. The Morgan fingerprint density at radius 3 is 2.33 bits per heavy atom. The molecule has 0 rings (SSSR count). The summed E-state index contributed by atoms with van der Waals surface area (Å²) in [7, 11) is 0. The molecule has 0 aromatic heterocycles. The summed E-state index contributed by atoms with van der Waals surface area (Å²) < 4.78 is 10.5. The second kappa shape index (κ2) is 5.88. The van der Waals surface area contributed by atoms with Crippen molar-refractivity contribution >= 4 is 5.97 Å². The molecule has 1 atom stereocenters. The smallest absolute Gasteiger partial charge is 0.333 e. The van der Waals surface area contributed by atoms with Crippen LogP contribution in [0.3, 0.4) is 0 Å². The Balaban J connectivity index is 4.01. The van der Waals surface area contributed by atoms with E-state index in [0.29, 0.717) is 12.1 Å². The van der Waals surface area contributed by atoms with E-state index >= 15 is 0 Å². The molecular weight excluding hydrogens is 194 g/mol. The number of hydrogen-bond acceptors (Lipinski definition) is 4. The number of carbonyl (C=O) groups excluding carboxylic acids is 1. The maximum absolute atomic E-state index is 11.1. The van der Waals surface area contributed by atoms with E-state index in [-0.39, 0.29) is 18.3 Å². The van der Waals surface area contributed by atoms with Gasteiger partial charge in [-0.2, -0.15) is 0 Å². The number of esters is 1. The summed E-state index contributed by atoms with van der Waals surface area (Å²) in [4.78, 5) is 11.1. The van der Waals surface area contributed by atoms with Gasteiger partial charge in [-0.3, -0.25) is 0 Å². The third kappa shape index (κ3) is 7.11. The van der Waals surface area contributed by atoms with Crippen molar-refractivity contribution in [1.29, 1.82) is 0 Å². The normalized spacial score (nSPS) is 13.4. The molecule has 1 unspecified atom stereocenters. The zero-order valence-corrected chi connectivity index (χ0v) is 10.0. The van der Waals surface area contributed by atoms with E-state index in [9.17, 15) is 4.79 Å². The third-order valence-corrected chi connectivity index (χ3v) is 1.53. The van der Waals surface area contributed by atoms with Crippen molar-refractivity contribution in [2.75, 3.05) is 13.2 Å². The number of rotatable bonds is 5. The standard InChI is InChI=1S/C11H21NO3/c1-8(2)10(13)14-7-9(6-12)15-11(3,4)5/h9H,1,6-7,12H2,2-5H3. The van der Waals surface area contributed by atoms with Crippen LogP contribution in [0.15, 0.2) is 12.2 Å². The lowest BCUT2D eigenvalue weighted by Crippen LogP contribution is -2.36. The first kappa shape index (κ1) is 14.1. The fourth-order valence-electron chi connectivity index (χ4n) is 0.942. The van der Waals surface area contributed by atoms with Gasteiger partial charge in [-0.15, -0.1) is 0 Å². The molecule has 0 aliphatic carbocycles. The number of ether oxygens (including phenoxy) is 2. The van der Waals surface area contributed by atoms with E-state index in [2.05, 4.69) is 6.58 Å². The van der Waals surface area contributed by atoms with Crippen molar-refractivity contribution in [1.82, 2.24) is 0 Å². The van der Waals surface area contributed by atoms with E-state index in [1.165, 1.54) is 0 Å². The maximum Gasteiger partial charge on any atom is 0.333 e. The molecule has 0 saturated carbocycles. The van der Waals surface area contributed by atoms with Gasteiger partial charge in [-0.1, -0.05) is 6.58 Å². The summed E-state index contributed by atoms with van der Waals surface area (Å²) in [6.45, 7) is 11.4. The molecule has 4 nitrogen and oxygen atoms in total. The third-order valence-electron chi connectivity index (χ3n) is 1.53. The molecule has 0 heterocycles. The van der Waals surface area contributed by atoms with E-state index in [4.69, 9.17) is 15.2 Å². The molecule has 4 heteroatoms. The van der Waals surface area contributed by atoms with Gasteiger partial charge in [0.15, 0.2) is 0 Å². The van der Waals surface area contributed by atoms with E-state index in [1.54, 1.807) is 6.92 Å². The Morgan fingerprint density at radius 2 is 2.00 bits per heavy atom. The molecule has 0 saturated heterocycles. The summed E-state index contributed by atoms with van der Waals surface area (Å²) >= 11 is 0. The van der Waals surface area contributed by atoms with Gasteiger partial charge in [-0.05, 0) is 27.7 Å². The first-order valence-electron chi connectivity index (χ1n) is 4.97. The number of carbonyl (C=O) groups is 1. The SMILES string of the molecule is C=C(C)C(=O)OCC(CN)OC(C)(C)C. The molecule has 0 aromatic rings. The monoisotopic (exact) mass is 215 g/mol. The molecule has 2 N–H and O–H groups in total. The summed E-state index contributed by atoms with van der Waals surface area (Å²) in [5.74, 6) is -0.411. The molecule has 0 spiro atoms. The van der Waals surface area contributed by atoms with Gasteiger partial charge in [0.05, 0.1) is 5.60 Å². The molecule has 0 radical (unpaired) electrons. The fraction of sp³-hybridized carbons (Fsp3) is 0.727. The minimum atomic E-state index is -0.411. The predicted molar refractivity (Wildman–Crippen MR) is 59.5 cm³/mol. The van der Waals surface area contributed by atoms with Gasteiger partial charge in [0, 0.05) is 12.1 Å². The van der Waals surface area contributed by atoms with E-state index in [0.717, 1.165) is 0 Å². The maximum atomic E-state index is 11.1. The predicted octanol–water partition coefficient (Wildman–Crippen LogP) is 1.25. The molecule has 88 valence electrons. The number of hydrogen-bond donors (Lipinski definition) is 1. The van der Waals surface area contributed by atoms with Crippen LogP contribution in [0.1, 0.15) is 27.7 Å². The van der Waals surface area contributed by atoms with Gasteiger partial charge in [-0.25, -0.2) is 4.79 Å². The lowest BCUT2D eigenvalue weighted by molar-refractivity contribution is -0.147. The second-order valence-electron chi connectivity index (χ2n) is 4.47. The zero-order chi connectivity index (χ0) is 12.1. The van der Waals surface area contributed by atoms with Crippen molar-refractivity contribution < 1.29 is 14.3 Å². The van der Waals surface area contributed by atoms with Crippen LogP contribution in [0, 0.1) is 0 Å². The number of nitrogens with two attached hydrogens (primary N) is 1. The first-order chi connectivity index (χ1) is 6.76. The van der Waals surface area contributed by atoms with Gasteiger partial charge in [0.1, 0.15) is 12.7 Å². The molecule has 15 heavy (non-hydrogen) atoms. The average Bonchev–Trinajstić information content (AvgIpc) is 2.09. The Kier molecular flexibility index (Phi) is 5.54. The molecule has 0 fully saturated rings. The van der Waals surface area contributed by atoms with Crippen LogP contribution >= 0.6 is 0 Å². The highest BCUT2D eigenvalue weighted by Crippen LogP contribution is 2.10. The van der Waals surface area contributed by atoms with Crippen LogP contribution in [0.4, 0.5) is 0 Å². The summed E-state index contributed by atoms with van der Waals surface area (Å²) in [6, 6.07) is 0. The van der Waals surface area contributed by atoms with E-state index in [1.807, 2.05) is 20.8 Å². The Bertz CT molecular complexity index is 230. The molecule has 0 aliphatic heterocycles. The van der Waals surface area contributed by atoms with Crippen LogP contribution in [-0.2, 0) is 14.3 Å². The Morgan fingerprint density at radius 1 is 1.47 bits per heavy atom. The van der Waals surface area contributed by atoms with E-state index < -0.39 is 5.97 Å². The molecule has 0 aliphatic rings. The highest BCUT2D eigenvalue weighted by molar-refractivity contribution is 5.86. The zero-order valence-electron chi connectivity index (χ0n) is 10.0. The summed E-state index contributed by atoms with van der Waals surface area (Å²) in [5.41, 5.74) is 5.59. The van der Waals surface area contributed by atoms with Crippen LogP contribution in [0.2, 0.25) is 0 Å². The Labute approximate surface area is 91.4 Å². The van der Waals surface area contributed by atoms with Crippen molar-refractivity contribution in [2.24, 2.45) is 5.73 Å². The Hall–Kier alpha value is -0.870. The van der Waals surface area contributed by atoms with Gasteiger partial charge >= 0.3 is 5.97 Å². The fourth-order valence-corrected chi connectivity index (χ4v) is 0.942. The van der Waals surface area contributed by atoms with Crippen molar-refractivity contribution in [3.05, 3.63) is 12.2 Å². The second-order valence-corrected chi connectivity index (χ2v) is 4.47. The highest BCUT2D eigenvalue weighted by atomic mass is 16.6. The minimum absolute atomic E-state index is 0.166. The van der Waals surface area contributed by atoms with Crippen molar-refractivity contribution in [3.63, 3.8) is 0 Å². The van der Waals surface area contributed by atoms with Crippen LogP contribution in [0.25, 0.3) is 0 Å². The summed E-state index contributed by atoms with van der Waals surface area (Å²) in [5, 5.41) is 0. The minimum Gasteiger partial charge on any atom is -0.460 e. The van der Waals surface area contributed by atoms with Crippen molar-refractivity contribution in [2.45, 2.75) is 39.4 Å². The van der Waals surface area contributed by atoms with Crippen LogP contribution in [0.5, 0.6) is 0 Å². The van der Waals surface area contributed by atoms with Gasteiger partial charge in [0.25, 0.3) is 0 Å². The quantitative estimate of drug-likeness (QED) is 0.554. The van der Waals surface area contributed by atoms with Gasteiger partial charge in [0.2, 0.25) is 0 Å². The van der Waals surface area contributed by atoms with Gasteiger partial charge < -0.3 is 15.2 Å². The van der Waals surface area contributed by atoms with Crippen molar-refractivity contribution in [3.8, 4) is 0 Å². The molecular formula is C11H21NO3. The topological polar surface area (TPSA) is 61.5 Å². The lowest BCUT2D eigenvalue weighted by atomic mass is 10.2. The van der Waals surface area contributed by atoms with Crippen LogP contribution < -0.4 is 5.73 Å². The average molecular weight is 215 g/mol. The summed E-state index contributed by atoms with van der Waals surface area (Å²) in [6.07, 6.45) is -0.270. The lowest BCUT2D eigenvalue weighted by Gasteiger charge is -2.26. The molecule has 0 amide bonds. The largest absolute Gasteiger partial charge is 0.460 e. The first-order valence-corrected chi connectivity index (χ1v) is 4.97. The molecule has 0 bridgehead atoms. The van der Waals surface area contributed by atoms with Crippen LogP contribution in [-0.4, -0.2) is 30.8 Å². The highest BCUT2D eigenvalue weighted by Gasteiger charge is 2.19.